The van der Waals surface area contributed by atoms with Crippen LogP contribution in [-0.4, -0.2) is 16.5 Å². The van der Waals surface area contributed by atoms with Crippen molar-refractivity contribution >= 4 is 40.1 Å². The second-order valence-corrected chi connectivity index (χ2v) is 9.06. The van der Waals surface area contributed by atoms with Crippen LogP contribution in [0, 0.1) is 0 Å². The lowest BCUT2D eigenvalue weighted by Gasteiger charge is -2.32. The first kappa shape index (κ1) is 22.5. The average molecular weight is 463 g/mol. The number of benzene rings is 2. The van der Waals surface area contributed by atoms with Crippen molar-refractivity contribution in [1.29, 1.82) is 0 Å². The molecule has 0 atom stereocenters. The van der Waals surface area contributed by atoms with Gasteiger partial charge in [0, 0.05) is 58.9 Å². The fraction of sp³-hybridized carbons (Fsp3) is 0.172. The van der Waals surface area contributed by atoms with Crippen molar-refractivity contribution in [3.8, 4) is 0 Å². The molecule has 35 heavy (non-hydrogen) atoms. The number of fused-ring (bicyclic) bond motifs is 2. The second kappa shape index (κ2) is 9.14. The van der Waals surface area contributed by atoms with Crippen LogP contribution < -0.4 is 20.9 Å². The molecule has 3 heterocycles. The number of nitrogens with zero attached hydrogens (tertiary/aromatic N) is 3. The summed E-state index contributed by atoms with van der Waals surface area (Å²) < 4.78 is 0. The first-order valence-corrected chi connectivity index (χ1v) is 11.8. The molecule has 0 saturated carbocycles. The molecule has 3 aromatic rings. The van der Waals surface area contributed by atoms with E-state index in [4.69, 9.17) is 4.98 Å². The summed E-state index contributed by atoms with van der Waals surface area (Å²) in [6.45, 7) is 19.1. The van der Waals surface area contributed by atoms with Crippen LogP contribution >= 0.6 is 0 Å². The molecule has 2 aliphatic rings. The Kier molecular flexibility index (Phi) is 5.87. The monoisotopic (exact) mass is 462 g/mol. The fourth-order valence-corrected chi connectivity index (χ4v) is 4.58. The Morgan fingerprint density at radius 1 is 1.09 bits per heavy atom. The molecule has 0 amide bonds. The number of anilines is 6. The number of rotatable bonds is 7. The van der Waals surface area contributed by atoms with Crippen LogP contribution in [0.1, 0.15) is 30.0 Å². The predicted molar refractivity (Wildman–Crippen MR) is 148 cm³/mol. The van der Waals surface area contributed by atoms with Crippen LogP contribution in [0.3, 0.4) is 0 Å². The third-order valence-corrected chi connectivity index (χ3v) is 6.37. The second-order valence-electron chi connectivity index (χ2n) is 9.06. The molecule has 0 saturated heterocycles. The maximum absolute atomic E-state index is 4.80. The van der Waals surface area contributed by atoms with E-state index in [0.29, 0.717) is 11.8 Å². The molecule has 6 nitrogen and oxygen atoms in total. The lowest BCUT2D eigenvalue weighted by molar-refractivity contribution is 0.752. The summed E-state index contributed by atoms with van der Waals surface area (Å²) in [6, 6.07) is 12.6. The first-order valence-electron chi connectivity index (χ1n) is 11.8. The van der Waals surface area contributed by atoms with Crippen molar-refractivity contribution < 1.29 is 0 Å². The van der Waals surface area contributed by atoms with Gasteiger partial charge in [-0.1, -0.05) is 32.4 Å². The summed E-state index contributed by atoms with van der Waals surface area (Å²) in [4.78, 5) is 11.6. The van der Waals surface area contributed by atoms with Gasteiger partial charge in [-0.3, -0.25) is 0 Å². The van der Waals surface area contributed by atoms with E-state index in [1.165, 1.54) is 11.1 Å². The molecule has 6 heteroatoms. The zero-order valence-electron chi connectivity index (χ0n) is 20.1. The van der Waals surface area contributed by atoms with Crippen LogP contribution in [0.5, 0.6) is 0 Å². The average Bonchev–Trinajstić information content (AvgIpc) is 3.22. The van der Waals surface area contributed by atoms with Crippen molar-refractivity contribution in [2.45, 2.75) is 26.2 Å². The summed E-state index contributed by atoms with van der Waals surface area (Å²) in [6.07, 6.45) is 6.59. The van der Waals surface area contributed by atoms with Gasteiger partial charge in [0.1, 0.15) is 5.82 Å². The van der Waals surface area contributed by atoms with Gasteiger partial charge in [-0.05, 0) is 72.9 Å². The molecule has 0 fully saturated rings. The number of allylic oxidation sites excluding steroid dienone is 3. The van der Waals surface area contributed by atoms with Crippen molar-refractivity contribution in [3.05, 3.63) is 103 Å². The minimum atomic E-state index is 0.516. The Bertz CT molecular complexity index is 1370. The molecule has 0 aliphatic carbocycles. The number of nitrogens with one attached hydrogen (secondary N) is 3. The van der Waals surface area contributed by atoms with Gasteiger partial charge in [-0.25, -0.2) is 4.98 Å². The Morgan fingerprint density at radius 3 is 2.69 bits per heavy atom. The maximum Gasteiger partial charge on any atom is 0.229 e. The van der Waals surface area contributed by atoms with E-state index in [9.17, 15) is 0 Å². The highest BCUT2D eigenvalue weighted by Crippen LogP contribution is 2.35. The Balaban J connectivity index is 1.44. The number of hydrogen-bond donors (Lipinski definition) is 3. The standard InChI is InChI=1S/C29H30N6/c1-6-20(5)35-13-7-8-21-9-10-24(16-27(21)35)32-28-25(18(2)3)17-30-29(34-28)33-23-11-12-26-22(15-23)14-19(4)31-26/h6,9-12,15-17,31H,1-2,4-5,7-8,13-14H2,3H3,(H2,30,32,33,34). The van der Waals surface area contributed by atoms with E-state index >= 15 is 0 Å². The fourth-order valence-electron chi connectivity index (χ4n) is 4.58. The molecule has 0 bridgehead atoms. The van der Waals surface area contributed by atoms with Gasteiger partial charge >= 0.3 is 0 Å². The third-order valence-electron chi connectivity index (χ3n) is 6.37. The molecule has 2 aromatic carbocycles. The molecular formula is C29H30N6. The van der Waals surface area contributed by atoms with E-state index in [2.05, 4.69) is 76.4 Å². The van der Waals surface area contributed by atoms with Gasteiger partial charge in [0.15, 0.2) is 0 Å². The van der Waals surface area contributed by atoms with E-state index in [1.807, 2.05) is 25.1 Å². The molecular weight excluding hydrogens is 432 g/mol. The van der Waals surface area contributed by atoms with Crippen LogP contribution in [0.2, 0.25) is 0 Å². The molecule has 0 radical (unpaired) electrons. The maximum atomic E-state index is 4.80. The summed E-state index contributed by atoms with van der Waals surface area (Å²) in [7, 11) is 0. The zero-order valence-corrected chi connectivity index (χ0v) is 20.1. The lowest BCUT2D eigenvalue weighted by atomic mass is 10.0. The first-order chi connectivity index (χ1) is 16.9. The van der Waals surface area contributed by atoms with E-state index in [0.717, 1.165) is 71.1 Å². The van der Waals surface area contributed by atoms with Gasteiger partial charge in [0.2, 0.25) is 5.95 Å². The smallest absolute Gasteiger partial charge is 0.229 e. The summed E-state index contributed by atoms with van der Waals surface area (Å²) in [5.74, 6) is 1.22. The van der Waals surface area contributed by atoms with Gasteiger partial charge in [0.05, 0.1) is 0 Å². The van der Waals surface area contributed by atoms with E-state index in [-0.39, 0.29) is 0 Å². The van der Waals surface area contributed by atoms with Gasteiger partial charge < -0.3 is 20.9 Å². The molecule has 2 aliphatic heterocycles. The van der Waals surface area contributed by atoms with Gasteiger partial charge in [-0.15, -0.1) is 0 Å². The highest BCUT2D eigenvalue weighted by molar-refractivity contribution is 5.77. The Hall–Kier alpha value is -4.32. The highest BCUT2D eigenvalue weighted by atomic mass is 15.2. The topological polar surface area (TPSA) is 65.1 Å². The summed E-state index contributed by atoms with van der Waals surface area (Å²) in [5, 5.41) is 10.1. The van der Waals surface area contributed by atoms with E-state index in [1.54, 1.807) is 6.20 Å². The minimum Gasteiger partial charge on any atom is -0.359 e. The zero-order chi connectivity index (χ0) is 24.5. The van der Waals surface area contributed by atoms with Crippen molar-refractivity contribution in [3.63, 3.8) is 0 Å². The highest BCUT2D eigenvalue weighted by Gasteiger charge is 2.19. The van der Waals surface area contributed by atoms with Gasteiger partial charge in [0.25, 0.3) is 0 Å². The molecule has 0 spiro atoms. The summed E-state index contributed by atoms with van der Waals surface area (Å²) in [5.41, 5.74) is 10.3. The molecule has 3 N–H and O–H groups in total. The Morgan fingerprint density at radius 2 is 1.89 bits per heavy atom. The molecule has 0 unspecified atom stereocenters. The van der Waals surface area contributed by atoms with Crippen LogP contribution in [-0.2, 0) is 12.8 Å². The van der Waals surface area contributed by atoms with Crippen LogP contribution in [0.25, 0.3) is 5.57 Å². The SMILES string of the molecule is C=CC(=C)N1CCCc2ccc(Nc3nc(Nc4ccc5c(c4)CC(=C)N5)ncc3C(=C)C)cc21. The molecule has 1 aromatic heterocycles. The largest absolute Gasteiger partial charge is 0.359 e. The van der Waals surface area contributed by atoms with Crippen LogP contribution in [0.4, 0.5) is 34.5 Å². The molecule has 176 valence electrons. The van der Waals surface area contributed by atoms with Crippen molar-refractivity contribution in [1.82, 2.24) is 9.97 Å². The Labute approximate surface area is 206 Å². The number of aryl methyl sites for hydroxylation is 1. The van der Waals surface area contributed by atoms with Crippen molar-refractivity contribution in [2.75, 3.05) is 27.4 Å². The lowest BCUT2D eigenvalue weighted by Crippen LogP contribution is -2.27. The summed E-state index contributed by atoms with van der Waals surface area (Å²) >= 11 is 0. The van der Waals surface area contributed by atoms with E-state index < -0.39 is 0 Å². The normalized spacial score (nSPS) is 14.0. The van der Waals surface area contributed by atoms with Crippen molar-refractivity contribution in [2.24, 2.45) is 0 Å². The quantitative estimate of drug-likeness (QED) is 0.331. The third kappa shape index (κ3) is 4.55. The predicted octanol–water partition coefficient (Wildman–Crippen LogP) is 6.93. The number of aromatic nitrogens is 2. The molecule has 5 rings (SSSR count). The van der Waals surface area contributed by atoms with Gasteiger partial charge in [-0.2, -0.15) is 4.98 Å². The van der Waals surface area contributed by atoms with Crippen LogP contribution in [0.15, 0.2) is 86.4 Å². The minimum absolute atomic E-state index is 0.516. The number of hydrogen-bond acceptors (Lipinski definition) is 6.